The van der Waals surface area contributed by atoms with E-state index in [1.165, 1.54) is 0 Å². The Bertz CT molecular complexity index is 382. The van der Waals surface area contributed by atoms with E-state index in [9.17, 15) is 17.8 Å². The molecule has 0 spiro atoms. The Morgan fingerprint density at radius 2 is 1.86 bits per heavy atom. The topological polar surface area (TPSA) is 92.7 Å². The van der Waals surface area contributed by atoms with Gasteiger partial charge in [-0.05, 0) is 39.0 Å². The van der Waals surface area contributed by atoms with Crippen molar-refractivity contribution in [2.75, 3.05) is 19.0 Å². The predicted octanol–water partition coefficient (Wildman–Crippen LogP) is -1.38. The molecule has 0 bridgehead atoms. The van der Waals surface area contributed by atoms with Gasteiger partial charge in [0, 0.05) is 18.4 Å². The average Bonchev–Trinajstić information content (AvgIpc) is 2.37. The number of rotatable bonds is 12. The van der Waals surface area contributed by atoms with E-state index in [2.05, 4.69) is 6.58 Å². The number of ether oxygens (including phenoxy) is 2. The summed E-state index contributed by atoms with van der Waals surface area (Å²) in [4.78, 5) is 10.7. The van der Waals surface area contributed by atoms with Gasteiger partial charge in [0.05, 0.1) is 22.8 Å². The quantitative estimate of drug-likeness (QED) is 0.144. The zero-order chi connectivity index (χ0) is 15.4. The minimum atomic E-state index is -4.10. The number of esters is 1. The van der Waals surface area contributed by atoms with Crippen LogP contribution in [0.25, 0.3) is 0 Å². The Morgan fingerprint density at radius 3 is 2.43 bits per heavy atom. The molecule has 0 fully saturated rings. The molecule has 6 nitrogen and oxygen atoms in total. The second-order valence-corrected chi connectivity index (χ2v) is 6.04. The SMILES string of the molecule is C=CC(=O)OCCCCOC(C)CCCCS(=O)(=O)[O-].[Na+]. The smallest absolute Gasteiger partial charge is 0.748 e. The van der Waals surface area contributed by atoms with Gasteiger partial charge in [-0.1, -0.05) is 6.58 Å². The largest absolute Gasteiger partial charge is 1.00 e. The number of carbonyl (C=O) groups excluding carboxylic acids is 1. The fourth-order valence-corrected chi connectivity index (χ4v) is 2.07. The van der Waals surface area contributed by atoms with E-state index >= 15 is 0 Å². The van der Waals surface area contributed by atoms with Gasteiger partial charge in [0.25, 0.3) is 0 Å². The van der Waals surface area contributed by atoms with Crippen LogP contribution in [0.2, 0.25) is 0 Å². The summed E-state index contributed by atoms with van der Waals surface area (Å²) in [5.41, 5.74) is 0. The van der Waals surface area contributed by atoms with Crippen LogP contribution in [0.15, 0.2) is 12.7 Å². The van der Waals surface area contributed by atoms with E-state index in [0.29, 0.717) is 26.1 Å². The molecule has 0 saturated carbocycles. The molecule has 0 rings (SSSR count). The second kappa shape index (κ2) is 13.7. The molecule has 0 aromatic heterocycles. The fourth-order valence-electron chi connectivity index (χ4n) is 1.51. The van der Waals surface area contributed by atoms with Crippen molar-refractivity contribution in [3.8, 4) is 0 Å². The molecular formula is C13H23NaO6S. The second-order valence-electron chi connectivity index (χ2n) is 4.52. The molecule has 0 aliphatic rings. The third kappa shape index (κ3) is 18.0. The van der Waals surface area contributed by atoms with Crippen LogP contribution < -0.4 is 29.6 Å². The van der Waals surface area contributed by atoms with Gasteiger partial charge in [0.15, 0.2) is 0 Å². The molecule has 0 N–H and O–H groups in total. The molecule has 0 heterocycles. The summed E-state index contributed by atoms with van der Waals surface area (Å²) in [6, 6.07) is 0. The summed E-state index contributed by atoms with van der Waals surface area (Å²) in [6.45, 7) is 6.11. The van der Waals surface area contributed by atoms with Gasteiger partial charge in [0.2, 0.25) is 0 Å². The van der Waals surface area contributed by atoms with Crippen LogP contribution in [0.5, 0.6) is 0 Å². The Hall–Kier alpha value is 0.0800. The number of unbranched alkanes of at least 4 members (excludes halogenated alkanes) is 2. The molecule has 21 heavy (non-hydrogen) atoms. The van der Waals surface area contributed by atoms with Crippen molar-refractivity contribution in [3.63, 3.8) is 0 Å². The maximum atomic E-state index is 10.7. The number of carbonyl (C=O) groups is 1. The first-order valence-corrected chi connectivity index (χ1v) is 8.27. The third-order valence-corrected chi connectivity index (χ3v) is 3.40. The Kier molecular flexibility index (Phi) is 15.3. The van der Waals surface area contributed by atoms with E-state index in [0.717, 1.165) is 25.3 Å². The summed E-state index contributed by atoms with van der Waals surface area (Å²) < 4.78 is 41.5. The standard InChI is InChI=1S/C13H24O6S.Na/c1-3-13(14)19-10-6-5-9-18-12(2)8-4-7-11-20(15,16)17;/h3,12H,1,4-11H2,2H3,(H,15,16,17);/q;+1/p-1. The van der Waals surface area contributed by atoms with E-state index in [1.807, 2.05) is 6.92 Å². The van der Waals surface area contributed by atoms with Gasteiger partial charge in [0.1, 0.15) is 0 Å². The molecule has 0 aromatic rings. The van der Waals surface area contributed by atoms with Crippen molar-refractivity contribution < 1.29 is 56.8 Å². The Morgan fingerprint density at radius 1 is 1.24 bits per heavy atom. The monoisotopic (exact) mass is 330 g/mol. The molecule has 0 aliphatic carbocycles. The fraction of sp³-hybridized carbons (Fsp3) is 0.769. The first kappa shape index (κ1) is 23.3. The van der Waals surface area contributed by atoms with Crippen molar-refractivity contribution in [2.24, 2.45) is 0 Å². The minimum Gasteiger partial charge on any atom is -0.748 e. The first-order valence-electron chi connectivity index (χ1n) is 6.69. The van der Waals surface area contributed by atoms with Gasteiger partial charge < -0.3 is 14.0 Å². The van der Waals surface area contributed by atoms with Crippen LogP contribution in [0.1, 0.15) is 39.0 Å². The Balaban J connectivity index is 0. The molecule has 0 aromatic carbocycles. The summed E-state index contributed by atoms with van der Waals surface area (Å²) in [6.07, 6.45) is 4.41. The molecule has 1 atom stereocenters. The summed E-state index contributed by atoms with van der Waals surface area (Å²) >= 11 is 0. The number of hydrogen-bond acceptors (Lipinski definition) is 6. The minimum absolute atomic E-state index is 0. The molecule has 1 unspecified atom stereocenters. The zero-order valence-corrected chi connectivity index (χ0v) is 15.7. The van der Waals surface area contributed by atoms with Crippen LogP contribution in [0.3, 0.4) is 0 Å². The third-order valence-electron chi connectivity index (χ3n) is 2.61. The van der Waals surface area contributed by atoms with E-state index in [-0.39, 0.29) is 41.4 Å². The predicted molar refractivity (Wildman–Crippen MR) is 74.2 cm³/mol. The van der Waals surface area contributed by atoms with Crippen LogP contribution in [-0.4, -0.2) is 44.0 Å². The van der Waals surface area contributed by atoms with Crippen LogP contribution in [-0.2, 0) is 24.4 Å². The van der Waals surface area contributed by atoms with Crippen LogP contribution in [0.4, 0.5) is 0 Å². The molecule has 118 valence electrons. The van der Waals surface area contributed by atoms with Gasteiger partial charge in [-0.3, -0.25) is 0 Å². The maximum absolute atomic E-state index is 10.7. The van der Waals surface area contributed by atoms with Gasteiger partial charge in [-0.15, -0.1) is 0 Å². The van der Waals surface area contributed by atoms with Gasteiger partial charge in [-0.2, -0.15) is 0 Å². The Labute approximate surface area is 149 Å². The molecule has 0 amide bonds. The van der Waals surface area contributed by atoms with E-state index in [1.54, 1.807) is 0 Å². The molecule has 0 radical (unpaired) electrons. The molecule has 0 saturated heterocycles. The van der Waals surface area contributed by atoms with Gasteiger partial charge >= 0.3 is 35.5 Å². The summed E-state index contributed by atoms with van der Waals surface area (Å²) in [7, 11) is -4.10. The summed E-state index contributed by atoms with van der Waals surface area (Å²) in [5.74, 6) is -0.735. The van der Waals surface area contributed by atoms with E-state index < -0.39 is 16.1 Å². The summed E-state index contributed by atoms with van der Waals surface area (Å²) in [5, 5.41) is 0. The molecular weight excluding hydrogens is 307 g/mol. The van der Waals surface area contributed by atoms with Crippen molar-refractivity contribution in [2.45, 2.75) is 45.1 Å². The normalized spacial score (nSPS) is 12.3. The van der Waals surface area contributed by atoms with Crippen LogP contribution in [0, 0.1) is 0 Å². The van der Waals surface area contributed by atoms with Crippen molar-refractivity contribution in [1.82, 2.24) is 0 Å². The first-order chi connectivity index (χ1) is 9.35. The molecule has 0 aliphatic heterocycles. The maximum Gasteiger partial charge on any atom is 1.00 e. The number of hydrogen-bond donors (Lipinski definition) is 0. The van der Waals surface area contributed by atoms with Crippen molar-refractivity contribution in [3.05, 3.63) is 12.7 Å². The molecule has 8 heteroatoms. The van der Waals surface area contributed by atoms with E-state index in [4.69, 9.17) is 9.47 Å². The average molecular weight is 330 g/mol. The van der Waals surface area contributed by atoms with Crippen molar-refractivity contribution in [1.29, 1.82) is 0 Å². The zero-order valence-electron chi connectivity index (χ0n) is 12.9. The van der Waals surface area contributed by atoms with Crippen molar-refractivity contribution >= 4 is 16.1 Å². The van der Waals surface area contributed by atoms with Crippen LogP contribution >= 0.6 is 0 Å². The van der Waals surface area contributed by atoms with Gasteiger partial charge in [-0.25, -0.2) is 13.2 Å².